The van der Waals surface area contributed by atoms with Crippen molar-refractivity contribution >= 4 is 5.91 Å². The predicted octanol–water partition coefficient (Wildman–Crippen LogP) is 2.15. The molecule has 3 rings (SSSR count). The highest BCUT2D eigenvalue weighted by Crippen LogP contribution is 2.15. The van der Waals surface area contributed by atoms with Crippen LogP contribution in [-0.2, 0) is 17.8 Å². The van der Waals surface area contributed by atoms with E-state index in [0.29, 0.717) is 18.1 Å². The maximum absolute atomic E-state index is 12.4. The summed E-state index contributed by atoms with van der Waals surface area (Å²) in [6, 6.07) is 9.95. The third kappa shape index (κ3) is 4.41. The molecule has 1 saturated heterocycles. The zero-order valence-electron chi connectivity index (χ0n) is 14.1. The molecule has 0 saturated carbocycles. The van der Waals surface area contributed by atoms with Gasteiger partial charge in [0, 0.05) is 6.42 Å². The minimum Gasteiger partial charge on any atom is -0.346 e. The molecule has 1 aliphatic heterocycles. The molecule has 1 N–H and O–H groups in total. The Morgan fingerprint density at radius 1 is 1.29 bits per heavy atom. The van der Waals surface area contributed by atoms with Gasteiger partial charge in [-0.05, 0) is 32.0 Å². The molecule has 1 aromatic carbocycles. The SMILES string of the molecule is CN1CCCCC[C@@H]1C(=O)NCc1nc(Cc2ccccc2)no1. The van der Waals surface area contributed by atoms with Gasteiger partial charge in [0.05, 0.1) is 12.6 Å². The molecular weight excluding hydrogens is 304 g/mol. The molecule has 1 atom stereocenters. The van der Waals surface area contributed by atoms with Crippen LogP contribution in [-0.4, -0.2) is 40.6 Å². The summed E-state index contributed by atoms with van der Waals surface area (Å²) in [5, 5.41) is 6.91. The van der Waals surface area contributed by atoms with Gasteiger partial charge in [0.1, 0.15) is 0 Å². The Labute approximate surface area is 142 Å². The second-order valence-electron chi connectivity index (χ2n) is 6.33. The van der Waals surface area contributed by atoms with Gasteiger partial charge >= 0.3 is 0 Å². The minimum atomic E-state index is -0.0563. The lowest BCUT2D eigenvalue weighted by molar-refractivity contribution is -0.126. The fourth-order valence-corrected chi connectivity index (χ4v) is 3.08. The summed E-state index contributed by atoms with van der Waals surface area (Å²) in [6.07, 6.45) is 4.99. The van der Waals surface area contributed by atoms with Gasteiger partial charge in [-0.1, -0.05) is 48.3 Å². The Balaban J connectivity index is 1.52. The standard InChI is InChI=1S/C18H24N4O2/c1-22-11-7-3-6-10-15(22)18(23)19-13-17-20-16(21-24-17)12-14-8-4-2-5-9-14/h2,4-5,8-9,15H,3,6-7,10-13H2,1H3,(H,19,23)/t15-/m1/s1. The van der Waals surface area contributed by atoms with Crippen molar-refractivity contribution in [1.82, 2.24) is 20.4 Å². The topological polar surface area (TPSA) is 71.3 Å². The van der Waals surface area contributed by atoms with Crippen LogP contribution in [0, 0.1) is 0 Å². The Hall–Kier alpha value is -2.21. The summed E-state index contributed by atoms with van der Waals surface area (Å²) in [5.74, 6) is 1.13. The second-order valence-corrected chi connectivity index (χ2v) is 6.33. The smallest absolute Gasteiger partial charge is 0.246 e. The maximum Gasteiger partial charge on any atom is 0.246 e. The van der Waals surface area contributed by atoms with Crippen molar-refractivity contribution < 1.29 is 9.32 Å². The van der Waals surface area contributed by atoms with E-state index in [9.17, 15) is 4.79 Å². The van der Waals surface area contributed by atoms with Crippen molar-refractivity contribution in [3.63, 3.8) is 0 Å². The number of nitrogens with zero attached hydrogens (tertiary/aromatic N) is 3. The van der Waals surface area contributed by atoms with E-state index in [-0.39, 0.29) is 18.5 Å². The van der Waals surface area contributed by atoms with Gasteiger partial charge in [0.15, 0.2) is 5.82 Å². The lowest BCUT2D eigenvalue weighted by Gasteiger charge is -2.24. The molecule has 2 aromatic rings. The first kappa shape index (κ1) is 16.6. The molecule has 128 valence electrons. The Morgan fingerprint density at radius 3 is 2.96 bits per heavy atom. The largest absolute Gasteiger partial charge is 0.346 e. The Morgan fingerprint density at radius 2 is 2.12 bits per heavy atom. The van der Waals surface area contributed by atoms with E-state index in [0.717, 1.165) is 31.4 Å². The first-order valence-corrected chi connectivity index (χ1v) is 8.56. The van der Waals surface area contributed by atoms with Crippen LogP contribution in [0.5, 0.6) is 0 Å². The Bertz CT molecular complexity index is 656. The van der Waals surface area contributed by atoms with E-state index in [1.54, 1.807) is 0 Å². The average molecular weight is 328 g/mol. The molecule has 1 amide bonds. The molecule has 1 aliphatic rings. The van der Waals surface area contributed by atoms with Crippen LogP contribution >= 0.6 is 0 Å². The van der Waals surface area contributed by atoms with Gasteiger partial charge < -0.3 is 9.84 Å². The van der Waals surface area contributed by atoms with Crippen LogP contribution in [0.1, 0.15) is 43.0 Å². The fourth-order valence-electron chi connectivity index (χ4n) is 3.08. The number of hydrogen-bond donors (Lipinski definition) is 1. The van der Waals surface area contributed by atoms with Crippen LogP contribution < -0.4 is 5.32 Å². The van der Waals surface area contributed by atoms with Gasteiger partial charge in [0.2, 0.25) is 11.8 Å². The third-order valence-electron chi connectivity index (χ3n) is 4.45. The molecule has 0 aliphatic carbocycles. The van der Waals surface area contributed by atoms with E-state index < -0.39 is 0 Å². The van der Waals surface area contributed by atoms with Crippen molar-refractivity contribution in [1.29, 1.82) is 0 Å². The van der Waals surface area contributed by atoms with Crippen molar-refractivity contribution in [3.05, 3.63) is 47.6 Å². The number of rotatable bonds is 5. The second kappa shape index (κ2) is 8.06. The third-order valence-corrected chi connectivity index (χ3v) is 4.45. The number of amides is 1. The van der Waals surface area contributed by atoms with Crippen LogP contribution in [0.25, 0.3) is 0 Å². The summed E-state index contributed by atoms with van der Waals surface area (Å²) in [4.78, 5) is 18.9. The van der Waals surface area contributed by atoms with E-state index in [4.69, 9.17) is 4.52 Å². The van der Waals surface area contributed by atoms with Gasteiger partial charge in [-0.2, -0.15) is 4.98 Å². The van der Waals surface area contributed by atoms with Gasteiger partial charge in [0.25, 0.3) is 0 Å². The van der Waals surface area contributed by atoms with E-state index >= 15 is 0 Å². The number of hydrogen-bond acceptors (Lipinski definition) is 5. The number of likely N-dealkylation sites (tertiary alicyclic amines) is 1. The number of carbonyl (C=O) groups is 1. The highest BCUT2D eigenvalue weighted by Gasteiger charge is 2.24. The zero-order valence-corrected chi connectivity index (χ0v) is 14.1. The molecule has 24 heavy (non-hydrogen) atoms. The summed E-state index contributed by atoms with van der Waals surface area (Å²) >= 11 is 0. The number of nitrogens with one attached hydrogen (secondary N) is 1. The lowest BCUT2D eigenvalue weighted by Crippen LogP contribution is -2.44. The van der Waals surface area contributed by atoms with E-state index in [2.05, 4.69) is 20.4 Å². The van der Waals surface area contributed by atoms with Crippen LogP contribution in [0.15, 0.2) is 34.9 Å². The van der Waals surface area contributed by atoms with Crippen molar-refractivity contribution in [2.75, 3.05) is 13.6 Å². The Kier molecular flexibility index (Phi) is 5.59. The van der Waals surface area contributed by atoms with Crippen LogP contribution in [0.2, 0.25) is 0 Å². The van der Waals surface area contributed by atoms with Gasteiger partial charge in [-0.15, -0.1) is 0 Å². The van der Waals surface area contributed by atoms with Crippen molar-refractivity contribution in [3.8, 4) is 0 Å². The molecule has 0 unspecified atom stereocenters. The number of carbonyl (C=O) groups excluding carboxylic acids is 1. The highest BCUT2D eigenvalue weighted by molar-refractivity contribution is 5.81. The minimum absolute atomic E-state index is 0.0437. The lowest BCUT2D eigenvalue weighted by atomic mass is 10.1. The summed E-state index contributed by atoms with van der Waals surface area (Å²) in [5.41, 5.74) is 1.13. The van der Waals surface area contributed by atoms with Crippen LogP contribution in [0.4, 0.5) is 0 Å². The van der Waals surface area contributed by atoms with E-state index in [1.165, 1.54) is 6.42 Å². The molecule has 0 bridgehead atoms. The summed E-state index contributed by atoms with van der Waals surface area (Å²) in [6.45, 7) is 1.25. The molecule has 6 heteroatoms. The molecule has 0 spiro atoms. The van der Waals surface area contributed by atoms with Gasteiger partial charge in [-0.3, -0.25) is 9.69 Å². The fraction of sp³-hybridized carbons (Fsp3) is 0.500. The highest BCUT2D eigenvalue weighted by atomic mass is 16.5. The van der Waals surface area contributed by atoms with Crippen LogP contribution in [0.3, 0.4) is 0 Å². The van der Waals surface area contributed by atoms with Gasteiger partial charge in [-0.25, -0.2) is 0 Å². The first-order chi connectivity index (χ1) is 11.7. The monoisotopic (exact) mass is 328 g/mol. The average Bonchev–Trinajstić information content (AvgIpc) is 2.92. The molecular formula is C18H24N4O2. The summed E-state index contributed by atoms with van der Waals surface area (Å²) in [7, 11) is 2.01. The molecule has 0 radical (unpaired) electrons. The normalized spacial score (nSPS) is 19.0. The quantitative estimate of drug-likeness (QED) is 0.910. The molecule has 6 nitrogen and oxygen atoms in total. The predicted molar refractivity (Wildman–Crippen MR) is 90.3 cm³/mol. The first-order valence-electron chi connectivity index (χ1n) is 8.56. The summed E-state index contributed by atoms with van der Waals surface area (Å²) < 4.78 is 5.24. The van der Waals surface area contributed by atoms with E-state index in [1.807, 2.05) is 37.4 Å². The number of aromatic nitrogens is 2. The van der Waals surface area contributed by atoms with Crippen molar-refractivity contribution in [2.45, 2.75) is 44.7 Å². The van der Waals surface area contributed by atoms with Crippen molar-refractivity contribution in [2.24, 2.45) is 0 Å². The number of likely N-dealkylation sites (N-methyl/N-ethyl adjacent to an activating group) is 1. The number of benzene rings is 1. The maximum atomic E-state index is 12.4. The molecule has 1 aromatic heterocycles. The zero-order chi connectivity index (χ0) is 16.8. The molecule has 1 fully saturated rings. The molecule has 2 heterocycles.